The molecule has 0 aromatic heterocycles. The fraction of sp³-hybridized carbons (Fsp3) is 0.316. The molecule has 0 fully saturated rings. The molecule has 2 rings (SSSR count). The van der Waals surface area contributed by atoms with E-state index in [1.165, 1.54) is 12.1 Å². The fourth-order valence-corrected chi connectivity index (χ4v) is 3.42. The number of ether oxygens (including phenoxy) is 1. The van der Waals surface area contributed by atoms with Crippen LogP contribution in [-0.2, 0) is 14.8 Å². The van der Waals surface area contributed by atoms with E-state index in [1.54, 1.807) is 18.2 Å². The lowest BCUT2D eigenvalue weighted by molar-refractivity contribution is -0.115. The number of amides is 1. The van der Waals surface area contributed by atoms with Gasteiger partial charge in [-0.1, -0.05) is 32.0 Å². The second kappa shape index (κ2) is 8.82. The highest BCUT2D eigenvalue weighted by molar-refractivity contribution is 7.89. The van der Waals surface area contributed by atoms with Crippen molar-refractivity contribution in [3.63, 3.8) is 0 Å². The number of benzene rings is 2. The molecule has 0 heterocycles. The van der Waals surface area contributed by atoms with E-state index in [9.17, 15) is 13.2 Å². The number of rotatable bonds is 8. The summed E-state index contributed by atoms with van der Waals surface area (Å²) in [6, 6.07) is 13.5. The molecule has 0 bridgehead atoms. The van der Waals surface area contributed by atoms with Crippen molar-refractivity contribution in [2.24, 2.45) is 0 Å². The highest BCUT2D eigenvalue weighted by atomic mass is 32.2. The number of nitrogens with one attached hydrogen (secondary N) is 2. The van der Waals surface area contributed by atoms with Crippen LogP contribution in [-0.4, -0.2) is 27.5 Å². The molecule has 2 N–H and O–H groups in total. The lowest BCUT2D eigenvalue weighted by Crippen LogP contribution is -2.33. The Balaban J connectivity index is 2.00. The molecule has 26 heavy (non-hydrogen) atoms. The molecular formula is C19H24N2O4S. The summed E-state index contributed by atoms with van der Waals surface area (Å²) in [6.45, 7) is 6.06. The molecule has 0 aliphatic carbocycles. The quantitative estimate of drug-likeness (QED) is 0.741. The molecule has 0 saturated heterocycles. The van der Waals surface area contributed by atoms with Gasteiger partial charge in [-0.25, -0.2) is 13.1 Å². The van der Waals surface area contributed by atoms with Gasteiger partial charge in [-0.05, 0) is 48.7 Å². The van der Waals surface area contributed by atoms with E-state index < -0.39 is 15.9 Å². The van der Waals surface area contributed by atoms with Crippen LogP contribution in [0.25, 0.3) is 0 Å². The molecular weight excluding hydrogens is 352 g/mol. The summed E-state index contributed by atoms with van der Waals surface area (Å²) in [5.41, 5.74) is 1.68. The summed E-state index contributed by atoms with van der Waals surface area (Å²) in [5.74, 6) is 0.411. The summed E-state index contributed by atoms with van der Waals surface area (Å²) in [7, 11) is -3.77. The van der Waals surface area contributed by atoms with E-state index in [2.05, 4.69) is 10.0 Å². The number of carbonyl (C=O) groups excluding carboxylic acids is 1. The third kappa shape index (κ3) is 5.31. The van der Waals surface area contributed by atoms with E-state index in [-0.39, 0.29) is 17.4 Å². The Morgan fingerprint density at radius 1 is 1.08 bits per heavy atom. The van der Waals surface area contributed by atoms with Gasteiger partial charge in [0.1, 0.15) is 5.75 Å². The normalized spacial score (nSPS) is 11.4. The molecule has 0 unspecified atom stereocenters. The van der Waals surface area contributed by atoms with Gasteiger partial charge in [0, 0.05) is 5.69 Å². The van der Waals surface area contributed by atoms with Gasteiger partial charge in [-0.15, -0.1) is 0 Å². The maximum atomic E-state index is 12.3. The molecule has 0 spiro atoms. The maximum absolute atomic E-state index is 12.3. The third-order valence-electron chi connectivity index (χ3n) is 3.72. The van der Waals surface area contributed by atoms with Crippen LogP contribution in [0.2, 0.25) is 0 Å². The van der Waals surface area contributed by atoms with Crippen molar-refractivity contribution in [1.82, 2.24) is 4.72 Å². The van der Waals surface area contributed by atoms with E-state index in [1.807, 2.05) is 39.0 Å². The summed E-state index contributed by atoms with van der Waals surface area (Å²) in [5, 5.41) is 2.76. The van der Waals surface area contributed by atoms with Crippen LogP contribution >= 0.6 is 0 Å². The Morgan fingerprint density at radius 2 is 1.73 bits per heavy atom. The van der Waals surface area contributed by atoms with Gasteiger partial charge >= 0.3 is 0 Å². The van der Waals surface area contributed by atoms with Gasteiger partial charge in [-0.3, -0.25) is 4.79 Å². The fourth-order valence-electron chi connectivity index (χ4n) is 2.43. The lowest BCUT2D eigenvalue weighted by atomic mass is 10.0. The molecule has 0 atom stereocenters. The van der Waals surface area contributed by atoms with Crippen LogP contribution in [0.3, 0.4) is 0 Å². The molecule has 1 amide bonds. The van der Waals surface area contributed by atoms with Crippen LogP contribution in [0.5, 0.6) is 5.75 Å². The first-order valence-electron chi connectivity index (χ1n) is 8.44. The number of hydrogen-bond donors (Lipinski definition) is 2. The van der Waals surface area contributed by atoms with E-state index in [0.717, 1.165) is 5.56 Å². The average Bonchev–Trinajstić information content (AvgIpc) is 2.61. The third-order valence-corrected chi connectivity index (χ3v) is 5.14. The SMILES string of the molecule is CCOc1ccc(S(=O)(=O)NCC(=O)Nc2ccccc2C(C)C)cc1. The molecule has 140 valence electrons. The van der Waals surface area contributed by atoms with E-state index in [4.69, 9.17) is 4.74 Å². The largest absolute Gasteiger partial charge is 0.494 e. The van der Waals surface area contributed by atoms with Crippen molar-refractivity contribution in [1.29, 1.82) is 0 Å². The molecule has 0 aliphatic rings. The minimum atomic E-state index is -3.77. The minimum Gasteiger partial charge on any atom is -0.494 e. The predicted octanol–water partition coefficient (Wildman–Crippen LogP) is 3.13. The van der Waals surface area contributed by atoms with Crippen LogP contribution < -0.4 is 14.8 Å². The van der Waals surface area contributed by atoms with Crippen molar-refractivity contribution >= 4 is 21.6 Å². The highest BCUT2D eigenvalue weighted by Crippen LogP contribution is 2.23. The first kappa shape index (κ1) is 19.9. The van der Waals surface area contributed by atoms with Crippen molar-refractivity contribution < 1.29 is 17.9 Å². The molecule has 7 heteroatoms. The van der Waals surface area contributed by atoms with Crippen molar-refractivity contribution in [2.75, 3.05) is 18.5 Å². The van der Waals surface area contributed by atoms with Gasteiger partial charge in [0.15, 0.2) is 0 Å². The second-order valence-electron chi connectivity index (χ2n) is 6.02. The van der Waals surface area contributed by atoms with Crippen molar-refractivity contribution in [2.45, 2.75) is 31.6 Å². The molecule has 2 aromatic rings. The summed E-state index contributed by atoms with van der Waals surface area (Å²) in [4.78, 5) is 12.2. The molecule has 0 saturated carbocycles. The number of sulfonamides is 1. The zero-order valence-corrected chi connectivity index (χ0v) is 16.0. The van der Waals surface area contributed by atoms with Gasteiger partial charge in [0.25, 0.3) is 0 Å². The molecule has 0 aliphatic heterocycles. The predicted molar refractivity (Wildman–Crippen MR) is 102 cm³/mol. The Kier molecular flexibility index (Phi) is 6.76. The van der Waals surface area contributed by atoms with Gasteiger partial charge in [0.2, 0.25) is 15.9 Å². The Hall–Kier alpha value is -2.38. The van der Waals surface area contributed by atoms with Gasteiger partial charge in [0.05, 0.1) is 18.0 Å². The number of para-hydroxylation sites is 1. The van der Waals surface area contributed by atoms with Gasteiger partial charge < -0.3 is 10.1 Å². The first-order chi connectivity index (χ1) is 12.3. The number of carbonyl (C=O) groups is 1. The van der Waals surface area contributed by atoms with Crippen molar-refractivity contribution in [3.05, 3.63) is 54.1 Å². The minimum absolute atomic E-state index is 0.0799. The number of anilines is 1. The second-order valence-corrected chi connectivity index (χ2v) is 7.79. The zero-order valence-electron chi connectivity index (χ0n) is 15.2. The Morgan fingerprint density at radius 3 is 2.35 bits per heavy atom. The van der Waals surface area contributed by atoms with Crippen LogP contribution in [0.4, 0.5) is 5.69 Å². The van der Waals surface area contributed by atoms with Crippen molar-refractivity contribution in [3.8, 4) is 5.75 Å². The first-order valence-corrected chi connectivity index (χ1v) is 9.93. The summed E-state index contributed by atoms with van der Waals surface area (Å²) < 4.78 is 32.2. The van der Waals surface area contributed by atoms with Crippen LogP contribution in [0.15, 0.2) is 53.4 Å². The van der Waals surface area contributed by atoms with Crippen LogP contribution in [0, 0.1) is 0 Å². The summed E-state index contributed by atoms with van der Waals surface area (Å²) in [6.07, 6.45) is 0. The van der Waals surface area contributed by atoms with Gasteiger partial charge in [-0.2, -0.15) is 0 Å². The van der Waals surface area contributed by atoms with Crippen LogP contribution in [0.1, 0.15) is 32.3 Å². The van der Waals surface area contributed by atoms with E-state index in [0.29, 0.717) is 18.0 Å². The zero-order chi connectivity index (χ0) is 19.2. The molecule has 6 nitrogen and oxygen atoms in total. The highest BCUT2D eigenvalue weighted by Gasteiger charge is 2.16. The lowest BCUT2D eigenvalue weighted by Gasteiger charge is -2.14. The smallest absolute Gasteiger partial charge is 0.241 e. The standard InChI is InChI=1S/C19H24N2O4S/c1-4-25-15-9-11-16(12-10-15)26(23,24)20-13-19(22)21-18-8-6-5-7-17(18)14(2)3/h5-12,14,20H,4,13H2,1-3H3,(H,21,22). The number of hydrogen-bond acceptors (Lipinski definition) is 4. The molecule has 2 aromatic carbocycles. The van der Waals surface area contributed by atoms with E-state index >= 15 is 0 Å². The monoisotopic (exact) mass is 376 g/mol. The Labute approximate surface area is 154 Å². The summed E-state index contributed by atoms with van der Waals surface area (Å²) >= 11 is 0. The Bertz CT molecular complexity index is 846. The maximum Gasteiger partial charge on any atom is 0.241 e. The molecule has 0 radical (unpaired) electrons. The topological polar surface area (TPSA) is 84.5 Å². The average molecular weight is 376 g/mol.